The van der Waals surface area contributed by atoms with E-state index in [1.807, 2.05) is 18.2 Å². The fourth-order valence-corrected chi connectivity index (χ4v) is 3.42. The molecule has 0 spiro atoms. The molecular formula is C15H17ClN3O2P. The number of morpholine rings is 1. The molecule has 2 aliphatic rings. The third-order valence-electron chi connectivity index (χ3n) is 3.85. The summed E-state index contributed by atoms with van der Waals surface area (Å²) in [6.45, 7) is 3.12. The Morgan fingerprint density at radius 3 is 2.86 bits per heavy atom. The highest BCUT2D eigenvalue weighted by atomic mass is 35.5. The van der Waals surface area contributed by atoms with E-state index in [2.05, 4.69) is 15.4 Å². The Kier molecular flexibility index (Phi) is 4.70. The molecule has 0 saturated carbocycles. The van der Waals surface area contributed by atoms with Crippen LogP contribution in [-0.4, -0.2) is 43.6 Å². The molecule has 116 valence electrons. The molecule has 0 aliphatic carbocycles. The van der Waals surface area contributed by atoms with Gasteiger partial charge in [0.1, 0.15) is 0 Å². The first kappa shape index (κ1) is 15.4. The van der Waals surface area contributed by atoms with E-state index in [-0.39, 0.29) is 19.6 Å². The molecule has 5 nitrogen and oxygen atoms in total. The van der Waals surface area contributed by atoms with Crippen LogP contribution < -0.4 is 10.3 Å². The molecule has 1 fully saturated rings. The van der Waals surface area contributed by atoms with E-state index in [0.717, 1.165) is 43.3 Å². The van der Waals surface area contributed by atoms with Crippen molar-refractivity contribution in [1.82, 2.24) is 5.43 Å². The number of hydrazone groups is 1. The summed E-state index contributed by atoms with van der Waals surface area (Å²) in [5.41, 5.74) is 5.08. The van der Waals surface area contributed by atoms with Gasteiger partial charge in [0.2, 0.25) is 0 Å². The van der Waals surface area contributed by atoms with Gasteiger partial charge in [0.05, 0.1) is 35.3 Å². The molecule has 7 heteroatoms. The fourth-order valence-electron chi connectivity index (χ4n) is 2.60. The Balaban J connectivity index is 1.83. The Labute approximate surface area is 135 Å². The summed E-state index contributed by atoms with van der Waals surface area (Å²) in [4.78, 5) is 13.8. The zero-order chi connectivity index (χ0) is 15.5. The van der Waals surface area contributed by atoms with Gasteiger partial charge in [-0.25, -0.2) is 5.43 Å². The fraction of sp³-hybridized carbons (Fsp3) is 0.400. The monoisotopic (exact) mass is 337 g/mol. The summed E-state index contributed by atoms with van der Waals surface area (Å²) in [5.74, 6) is -0.111. The average Bonchev–Trinajstić information content (AvgIpc) is 2.56. The highest BCUT2D eigenvalue weighted by Crippen LogP contribution is 2.29. The number of hydrogen-bond acceptors (Lipinski definition) is 4. The number of hydrogen-bond donors (Lipinski definition) is 1. The summed E-state index contributed by atoms with van der Waals surface area (Å²) in [6, 6.07) is 5.89. The molecule has 3 rings (SSSR count). The Morgan fingerprint density at radius 2 is 2.18 bits per heavy atom. The number of benzene rings is 1. The van der Waals surface area contributed by atoms with Crippen molar-refractivity contribution >= 4 is 36.9 Å². The van der Waals surface area contributed by atoms with Gasteiger partial charge < -0.3 is 9.64 Å². The SMILES string of the molecule is C#[PH][C@H]1CC(c2ccc(N3CCOCC3)c(Cl)c2)=NNC1=O. The topological polar surface area (TPSA) is 53.9 Å². The lowest BCUT2D eigenvalue weighted by Gasteiger charge is -2.30. The van der Waals surface area contributed by atoms with Gasteiger partial charge in [0.25, 0.3) is 5.91 Å². The first-order valence-electron chi connectivity index (χ1n) is 7.14. The van der Waals surface area contributed by atoms with Gasteiger partial charge in [-0.2, -0.15) is 5.10 Å². The molecule has 2 heterocycles. The van der Waals surface area contributed by atoms with Crippen LogP contribution in [0.5, 0.6) is 0 Å². The van der Waals surface area contributed by atoms with Crippen LogP contribution in [0.1, 0.15) is 12.0 Å². The average molecular weight is 338 g/mol. The molecule has 1 unspecified atom stereocenters. The van der Waals surface area contributed by atoms with Crippen molar-refractivity contribution < 1.29 is 9.53 Å². The van der Waals surface area contributed by atoms with Crippen LogP contribution in [0, 0.1) is 6.13 Å². The largest absolute Gasteiger partial charge is 0.378 e. The number of ether oxygens (including phenoxy) is 1. The standard InChI is InChI=1S/C15H17ClN3O2P/c1-22-14-9-12(17-18-15(14)20)10-2-3-13(11(16)8-10)19-4-6-21-7-5-19/h1-3,8,14,22H,4-7,9H2,(H,18,20)/t14-/m0/s1. The Bertz CT molecular complexity index is 665. The second-order valence-corrected chi connectivity index (χ2v) is 6.66. The van der Waals surface area contributed by atoms with Crippen molar-refractivity contribution in [2.75, 3.05) is 31.2 Å². The van der Waals surface area contributed by atoms with E-state index in [9.17, 15) is 4.79 Å². The van der Waals surface area contributed by atoms with Crippen molar-refractivity contribution in [1.29, 1.82) is 0 Å². The van der Waals surface area contributed by atoms with E-state index in [0.29, 0.717) is 11.4 Å². The molecule has 1 aromatic carbocycles. The maximum absolute atomic E-state index is 11.6. The highest BCUT2D eigenvalue weighted by Gasteiger charge is 2.23. The molecule has 2 atom stereocenters. The quantitative estimate of drug-likeness (QED) is 0.840. The summed E-state index contributed by atoms with van der Waals surface area (Å²) < 4.78 is 5.36. The van der Waals surface area contributed by atoms with Crippen LogP contribution in [0.25, 0.3) is 0 Å². The maximum atomic E-state index is 11.6. The Hall–Kier alpha value is -1.51. The van der Waals surface area contributed by atoms with Crippen molar-refractivity contribution in [3.05, 3.63) is 28.8 Å². The van der Waals surface area contributed by atoms with Gasteiger partial charge in [-0.15, -0.1) is 14.2 Å². The van der Waals surface area contributed by atoms with Crippen LogP contribution in [0.2, 0.25) is 5.02 Å². The second kappa shape index (κ2) is 6.72. The molecule has 0 aromatic heterocycles. The number of anilines is 1. The molecule has 0 radical (unpaired) electrons. The summed E-state index contributed by atoms with van der Waals surface area (Å²) in [7, 11) is 0.0685. The molecule has 1 amide bonds. The van der Waals surface area contributed by atoms with Crippen LogP contribution in [0.3, 0.4) is 0 Å². The summed E-state index contributed by atoms with van der Waals surface area (Å²) >= 11 is 6.43. The van der Waals surface area contributed by atoms with Gasteiger partial charge in [-0.05, 0) is 17.7 Å². The molecule has 22 heavy (non-hydrogen) atoms. The minimum atomic E-state index is -0.204. The van der Waals surface area contributed by atoms with Gasteiger partial charge in [-0.1, -0.05) is 17.7 Å². The van der Waals surface area contributed by atoms with Crippen molar-refractivity contribution in [2.45, 2.75) is 12.1 Å². The normalized spacial score (nSPS) is 22.4. The smallest absolute Gasteiger partial charge is 0.251 e. The van der Waals surface area contributed by atoms with Crippen molar-refractivity contribution in [3.63, 3.8) is 0 Å². The van der Waals surface area contributed by atoms with E-state index in [1.165, 1.54) is 0 Å². The first-order chi connectivity index (χ1) is 10.7. The van der Waals surface area contributed by atoms with Crippen LogP contribution in [0.15, 0.2) is 23.3 Å². The lowest BCUT2D eigenvalue weighted by atomic mass is 10.0. The zero-order valence-electron chi connectivity index (χ0n) is 12.0. The molecule has 1 N–H and O–H groups in total. The third-order valence-corrected chi connectivity index (χ3v) is 5.02. The van der Waals surface area contributed by atoms with Crippen molar-refractivity contribution in [3.8, 4) is 6.13 Å². The minimum Gasteiger partial charge on any atom is -0.378 e. The number of amides is 1. The van der Waals surface area contributed by atoms with E-state index in [4.69, 9.17) is 22.5 Å². The second-order valence-electron chi connectivity index (χ2n) is 5.22. The molecular weight excluding hydrogens is 321 g/mol. The van der Waals surface area contributed by atoms with Crippen molar-refractivity contribution in [2.24, 2.45) is 5.10 Å². The minimum absolute atomic E-state index is 0.0685. The molecule has 1 saturated heterocycles. The van der Waals surface area contributed by atoms with Gasteiger partial charge >= 0.3 is 0 Å². The number of halogens is 1. The summed E-state index contributed by atoms with van der Waals surface area (Å²) in [5, 5.41) is 4.82. The molecule has 2 aliphatic heterocycles. The summed E-state index contributed by atoms with van der Waals surface area (Å²) in [6.07, 6.45) is 6.20. The lowest BCUT2D eigenvalue weighted by Crippen LogP contribution is -2.36. The van der Waals surface area contributed by atoms with Crippen LogP contribution >= 0.6 is 19.6 Å². The Morgan fingerprint density at radius 1 is 1.41 bits per heavy atom. The molecule has 1 aromatic rings. The van der Waals surface area contributed by atoms with E-state index < -0.39 is 0 Å². The van der Waals surface area contributed by atoms with Crippen LogP contribution in [-0.2, 0) is 9.53 Å². The third kappa shape index (κ3) is 3.13. The highest BCUT2D eigenvalue weighted by molar-refractivity contribution is 7.28. The predicted molar refractivity (Wildman–Crippen MR) is 90.8 cm³/mol. The number of nitrogens with zero attached hydrogens (tertiary/aromatic N) is 2. The predicted octanol–water partition coefficient (Wildman–Crippen LogP) is 2.04. The zero-order valence-corrected chi connectivity index (χ0v) is 13.8. The number of carbonyl (C=O) groups is 1. The molecule has 0 bridgehead atoms. The number of carbonyl (C=O) groups excluding carboxylic acids is 1. The number of nitrogens with one attached hydrogen (secondary N) is 1. The van der Waals surface area contributed by atoms with E-state index in [1.54, 1.807) is 0 Å². The van der Waals surface area contributed by atoms with Gasteiger partial charge in [0, 0.05) is 19.5 Å². The van der Waals surface area contributed by atoms with E-state index >= 15 is 0 Å². The van der Waals surface area contributed by atoms with Gasteiger partial charge in [-0.3, -0.25) is 4.79 Å². The first-order valence-corrected chi connectivity index (χ1v) is 8.67. The lowest BCUT2D eigenvalue weighted by molar-refractivity contribution is -0.120. The van der Waals surface area contributed by atoms with Crippen LogP contribution in [0.4, 0.5) is 5.69 Å². The maximum Gasteiger partial charge on any atom is 0.251 e. The number of rotatable bonds is 2. The van der Waals surface area contributed by atoms with Gasteiger partial charge in [0.15, 0.2) is 0 Å².